The minimum absolute atomic E-state index is 0.0626. The molecule has 0 aliphatic heterocycles. The summed E-state index contributed by atoms with van der Waals surface area (Å²) in [5, 5.41) is 2.71. The molecule has 0 radical (unpaired) electrons. The Hall–Kier alpha value is -2.04. The Balaban J connectivity index is 2.42. The van der Waals surface area contributed by atoms with Gasteiger partial charge >= 0.3 is 5.97 Å². The van der Waals surface area contributed by atoms with Gasteiger partial charge in [-0.1, -0.05) is 6.07 Å². The topological polar surface area (TPSA) is 64.6 Å². The van der Waals surface area contributed by atoms with Crippen LogP contribution in [0.2, 0.25) is 0 Å². The Labute approximate surface area is 119 Å². The molecule has 0 aliphatic carbocycles. The molecule has 0 aromatic heterocycles. The van der Waals surface area contributed by atoms with Gasteiger partial charge in [-0.05, 0) is 32.9 Å². The number of nitrogens with one attached hydrogen (secondary N) is 1. The lowest BCUT2D eigenvalue weighted by molar-refractivity contribution is -0.155. The third-order valence-electron chi connectivity index (χ3n) is 2.33. The standard InChI is InChI=1S/C15H21NO4/c1-15(2,3)20-14(18)9-8-13(17)16-11-6-5-7-12(10-11)19-4/h5-7,10H,8-9H2,1-4H3,(H,16,17). The van der Waals surface area contributed by atoms with E-state index in [1.807, 2.05) is 0 Å². The summed E-state index contributed by atoms with van der Waals surface area (Å²) in [6.45, 7) is 5.38. The molecule has 0 spiro atoms. The summed E-state index contributed by atoms with van der Waals surface area (Å²) in [5.41, 5.74) is 0.110. The molecule has 5 heteroatoms. The quantitative estimate of drug-likeness (QED) is 0.842. The first-order chi connectivity index (χ1) is 9.30. The van der Waals surface area contributed by atoms with Gasteiger partial charge in [-0.25, -0.2) is 0 Å². The fourth-order valence-electron chi connectivity index (χ4n) is 1.53. The van der Waals surface area contributed by atoms with Crippen molar-refractivity contribution in [3.05, 3.63) is 24.3 Å². The van der Waals surface area contributed by atoms with Crippen LogP contribution < -0.4 is 10.1 Å². The third kappa shape index (κ3) is 6.22. The molecule has 0 atom stereocenters. The molecule has 110 valence electrons. The number of amides is 1. The van der Waals surface area contributed by atoms with E-state index in [-0.39, 0.29) is 24.7 Å². The Morgan fingerprint density at radius 3 is 2.50 bits per heavy atom. The summed E-state index contributed by atoms with van der Waals surface area (Å²) in [5.74, 6) is 0.0531. The van der Waals surface area contributed by atoms with E-state index in [1.165, 1.54) is 0 Å². The molecule has 0 fully saturated rings. The first-order valence-electron chi connectivity index (χ1n) is 6.46. The van der Waals surface area contributed by atoms with Crippen molar-refractivity contribution in [2.24, 2.45) is 0 Å². The number of methoxy groups -OCH3 is 1. The van der Waals surface area contributed by atoms with Gasteiger partial charge in [0.15, 0.2) is 0 Å². The summed E-state index contributed by atoms with van der Waals surface area (Å²) in [7, 11) is 1.56. The van der Waals surface area contributed by atoms with Crippen molar-refractivity contribution in [3.8, 4) is 5.75 Å². The van der Waals surface area contributed by atoms with Gasteiger partial charge in [0.1, 0.15) is 11.4 Å². The highest BCUT2D eigenvalue weighted by Gasteiger charge is 2.17. The number of hydrogen-bond acceptors (Lipinski definition) is 4. The zero-order chi connectivity index (χ0) is 15.2. The molecule has 1 rings (SSSR count). The molecule has 1 N–H and O–H groups in total. The number of hydrogen-bond donors (Lipinski definition) is 1. The molecule has 20 heavy (non-hydrogen) atoms. The maximum atomic E-state index is 11.7. The van der Waals surface area contributed by atoms with E-state index in [1.54, 1.807) is 52.1 Å². The number of carbonyl (C=O) groups is 2. The summed E-state index contributed by atoms with van der Waals surface area (Å²) in [4.78, 5) is 23.2. The van der Waals surface area contributed by atoms with Gasteiger partial charge in [0.2, 0.25) is 5.91 Å². The maximum absolute atomic E-state index is 11.7. The highest BCUT2D eigenvalue weighted by molar-refractivity contribution is 5.92. The van der Waals surface area contributed by atoms with E-state index in [0.29, 0.717) is 11.4 Å². The largest absolute Gasteiger partial charge is 0.497 e. The van der Waals surface area contributed by atoms with Crippen LogP contribution in [0.4, 0.5) is 5.69 Å². The van der Waals surface area contributed by atoms with Crippen LogP contribution in [0.15, 0.2) is 24.3 Å². The predicted octanol–water partition coefficient (Wildman–Crippen LogP) is 2.76. The maximum Gasteiger partial charge on any atom is 0.306 e. The smallest absolute Gasteiger partial charge is 0.306 e. The molecular weight excluding hydrogens is 258 g/mol. The Kier molecular flexibility index (Phi) is 5.55. The van der Waals surface area contributed by atoms with Crippen molar-refractivity contribution in [1.29, 1.82) is 0 Å². The van der Waals surface area contributed by atoms with Crippen LogP contribution in [-0.2, 0) is 14.3 Å². The summed E-state index contributed by atoms with van der Waals surface area (Å²) in [6.07, 6.45) is 0.152. The van der Waals surface area contributed by atoms with E-state index < -0.39 is 5.60 Å². The van der Waals surface area contributed by atoms with Crippen LogP contribution >= 0.6 is 0 Å². The predicted molar refractivity (Wildman–Crippen MR) is 76.7 cm³/mol. The number of carbonyl (C=O) groups excluding carboxylic acids is 2. The lowest BCUT2D eigenvalue weighted by atomic mass is 10.2. The number of esters is 1. The Morgan fingerprint density at radius 2 is 1.90 bits per heavy atom. The van der Waals surface area contributed by atoms with E-state index in [9.17, 15) is 9.59 Å². The van der Waals surface area contributed by atoms with E-state index >= 15 is 0 Å². The van der Waals surface area contributed by atoms with E-state index in [4.69, 9.17) is 9.47 Å². The number of rotatable bonds is 5. The van der Waals surface area contributed by atoms with Gasteiger partial charge < -0.3 is 14.8 Å². The van der Waals surface area contributed by atoms with E-state index in [0.717, 1.165) is 0 Å². The molecule has 0 aliphatic rings. The third-order valence-corrected chi connectivity index (χ3v) is 2.33. The molecule has 0 saturated heterocycles. The zero-order valence-corrected chi connectivity index (χ0v) is 12.4. The van der Waals surface area contributed by atoms with Crippen LogP contribution in [0, 0.1) is 0 Å². The van der Waals surface area contributed by atoms with Crippen molar-refractivity contribution < 1.29 is 19.1 Å². The van der Waals surface area contributed by atoms with Gasteiger partial charge in [-0.15, -0.1) is 0 Å². The minimum Gasteiger partial charge on any atom is -0.497 e. The van der Waals surface area contributed by atoms with Crippen molar-refractivity contribution in [1.82, 2.24) is 0 Å². The first-order valence-corrected chi connectivity index (χ1v) is 6.46. The highest BCUT2D eigenvalue weighted by atomic mass is 16.6. The molecule has 1 aromatic rings. The zero-order valence-electron chi connectivity index (χ0n) is 12.4. The average Bonchev–Trinajstić information content (AvgIpc) is 2.34. The fourth-order valence-corrected chi connectivity index (χ4v) is 1.53. The van der Waals surface area contributed by atoms with Crippen LogP contribution in [0.1, 0.15) is 33.6 Å². The summed E-state index contributed by atoms with van der Waals surface area (Å²) in [6, 6.07) is 7.04. The SMILES string of the molecule is COc1cccc(NC(=O)CCC(=O)OC(C)(C)C)c1. The lowest BCUT2D eigenvalue weighted by Gasteiger charge is -2.19. The summed E-state index contributed by atoms with van der Waals surface area (Å²) >= 11 is 0. The monoisotopic (exact) mass is 279 g/mol. The molecule has 0 unspecified atom stereocenters. The van der Waals surface area contributed by atoms with Crippen molar-refractivity contribution in [3.63, 3.8) is 0 Å². The van der Waals surface area contributed by atoms with Crippen molar-refractivity contribution in [2.45, 2.75) is 39.2 Å². The molecule has 0 saturated carbocycles. The molecule has 1 amide bonds. The number of benzene rings is 1. The van der Waals surface area contributed by atoms with Gasteiger partial charge in [0.25, 0.3) is 0 Å². The van der Waals surface area contributed by atoms with Gasteiger partial charge in [-0.2, -0.15) is 0 Å². The second kappa shape index (κ2) is 6.93. The molecule has 1 aromatic carbocycles. The normalized spacial score (nSPS) is 10.8. The molecule has 5 nitrogen and oxygen atoms in total. The van der Waals surface area contributed by atoms with Gasteiger partial charge in [-0.3, -0.25) is 9.59 Å². The molecule has 0 heterocycles. The summed E-state index contributed by atoms with van der Waals surface area (Å²) < 4.78 is 10.2. The van der Waals surface area contributed by atoms with Crippen LogP contribution in [0.5, 0.6) is 5.75 Å². The number of anilines is 1. The first kappa shape index (κ1) is 16.0. The fraction of sp³-hybridized carbons (Fsp3) is 0.467. The van der Waals surface area contributed by atoms with Crippen molar-refractivity contribution in [2.75, 3.05) is 12.4 Å². The van der Waals surface area contributed by atoms with Gasteiger partial charge in [0.05, 0.1) is 13.5 Å². The molecular formula is C15H21NO4. The Morgan fingerprint density at radius 1 is 1.20 bits per heavy atom. The minimum atomic E-state index is -0.527. The molecule has 0 bridgehead atoms. The van der Waals surface area contributed by atoms with Crippen LogP contribution in [0.25, 0.3) is 0 Å². The van der Waals surface area contributed by atoms with Gasteiger partial charge in [0, 0.05) is 18.2 Å². The Bertz CT molecular complexity index is 477. The van der Waals surface area contributed by atoms with Crippen molar-refractivity contribution >= 4 is 17.6 Å². The van der Waals surface area contributed by atoms with Crippen LogP contribution in [0.3, 0.4) is 0 Å². The highest BCUT2D eigenvalue weighted by Crippen LogP contribution is 2.17. The second-order valence-corrected chi connectivity index (χ2v) is 5.37. The second-order valence-electron chi connectivity index (χ2n) is 5.37. The number of ether oxygens (including phenoxy) is 2. The average molecular weight is 279 g/mol. The van der Waals surface area contributed by atoms with Crippen LogP contribution in [-0.4, -0.2) is 24.6 Å². The van der Waals surface area contributed by atoms with E-state index in [2.05, 4.69) is 5.32 Å². The lowest BCUT2D eigenvalue weighted by Crippen LogP contribution is -2.24.